The van der Waals surface area contributed by atoms with E-state index in [0.717, 1.165) is 0 Å². The fraction of sp³-hybridized carbons (Fsp3) is 0.686. The molecule has 25 heteroatoms. The van der Waals surface area contributed by atoms with Crippen molar-refractivity contribution in [3.8, 4) is 0 Å². The maximum absolute atomic E-state index is 13.4. The van der Waals surface area contributed by atoms with Crippen molar-refractivity contribution < 1.29 is 53.1 Å². The minimum Gasteiger partial charge on any atom is -0.480 e. The van der Waals surface area contributed by atoms with Gasteiger partial charge in [0.15, 0.2) is 5.96 Å². The summed E-state index contributed by atoms with van der Waals surface area (Å²) in [7, 11) is 0. The van der Waals surface area contributed by atoms with Crippen LogP contribution in [-0.4, -0.2) is 133 Å². The maximum Gasteiger partial charge on any atom is 0.326 e. The molecule has 20 N–H and O–H groups in total. The van der Waals surface area contributed by atoms with Gasteiger partial charge in [-0.3, -0.25) is 48.1 Å². The number of nitrogens with two attached hydrogens (primary N) is 6. The molecule has 9 amide bonds. The lowest BCUT2D eigenvalue weighted by Gasteiger charge is -2.25. The Morgan fingerprint density at radius 3 is 1.55 bits per heavy atom. The topological polar surface area (TPSA) is 444 Å². The van der Waals surface area contributed by atoms with Crippen molar-refractivity contribution >= 4 is 65.1 Å². The number of carbonyl (C=O) groups is 10. The van der Waals surface area contributed by atoms with Gasteiger partial charge in [0.05, 0.1) is 19.1 Å². The average Bonchev–Trinajstić information content (AvgIpc) is 3.16. The molecule has 0 rings (SSSR count). The number of hydrogen-bond donors (Lipinski definition) is 14. The first-order chi connectivity index (χ1) is 28.1. The fourth-order valence-corrected chi connectivity index (χ4v) is 5.25. The number of nitrogens with one attached hydrogen (secondary N) is 7. The quantitative estimate of drug-likeness (QED) is 0.0175. The van der Waals surface area contributed by atoms with E-state index in [2.05, 4.69) is 42.2 Å². The summed E-state index contributed by atoms with van der Waals surface area (Å²) in [4.78, 5) is 129. The molecule has 0 aliphatic carbocycles. The highest BCUT2D eigenvalue weighted by molar-refractivity contribution is 5.96. The number of aliphatic imine (C=N–C) groups is 1. The number of nitrogens with zero attached hydrogens (tertiary/aromatic N) is 1. The lowest BCUT2D eigenvalue weighted by molar-refractivity contribution is -0.142. The Balaban J connectivity index is 5.56. The zero-order chi connectivity index (χ0) is 45.9. The third kappa shape index (κ3) is 24.6. The summed E-state index contributed by atoms with van der Waals surface area (Å²) in [6.07, 6.45) is 0.543. The predicted octanol–water partition coefficient (Wildman–Crippen LogP) is -6.17. The van der Waals surface area contributed by atoms with Crippen LogP contribution in [-0.2, 0) is 47.9 Å². The Morgan fingerprint density at radius 2 is 1.05 bits per heavy atom. The van der Waals surface area contributed by atoms with E-state index >= 15 is 0 Å². The third-order valence-corrected chi connectivity index (χ3v) is 8.47. The number of rotatable bonds is 31. The van der Waals surface area contributed by atoms with Crippen molar-refractivity contribution in [3.63, 3.8) is 0 Å². The van der Waals surface area contributed by atoms with E-state index in [1.807, 2.05) is 0 Å². The van der Waals surface area contributed by atoms with Crippen LogP contribution in [0, 0.1) is 5.92 Å². The van der Waals surface area contributed by atoms with Crippen LogP contribution in [0.1, 0.15) is 85.0 Å². The van der Waals surface area contributed by atoms with Crippen molar-refractivity contribution in [2.45, 2.75) is 121 Å². The first kappa shape index (κ1) is 53.9. The number of primary amides is 2. The van der Waals surface area contributed by atoms with Gasteiger partial charge in [-0.15, -0.1) is 0 Å². The van der Waals surface area contributed by atoms with E-state index in [4.69, 9.17) is 34.4 Å². The SMILES string of the molecule is CC(C)C[C@H](NC(=O)CNC(=O)[C@H](C)NC(=O)[C@H](CCC(N)=O)NC(=O)CNC(=O)[C@@H](N)CCCCN)C(=O)N[C@@H](CCC(N)=O)C(=O)N[C@@H](CCCN=C(N)N)C(=O)O. The van der Waals surface area contributed by atoms with E-state index in [9.17, 15) is 53.1 Å². The molecule has 25 nitrogen and oxygen atoms in total. The van der Waals surface area contributed by atoms with Gasteiger partial charge in [-0.2, -0.15) is 0 Å². The van der Waals surface area contributed by atoms with Crippen LogP contribution in [0.25, 0.3) is 0 Å². The van der Waals surface area contributed by atoms with E-state index in [-0.39, 0.29) is 63.4 Å². The highest BCUT2D eigenvalue weighted by Crippen LogP contribution is 2.08. The van der Waals surface area contributed by atoms with Crippen LogP contribution in [0.2, 0.25) is 0 Å². The molecule has 0 saturated carbocycles. The molecule has 0 radical (unpaired) electrons. The van der Waals surface area contributed by atoms with Crippen LogP contribution in [0.3, 0.4) is 0 Å². The molecule has 60 heavy (non-hydrogen) atoms. The van der Waals surface area contributed by atoms with E-state index in [1.165, 1.54) is 6.92 Å². The van der Waals surface area contributed by atoms with E-state index in [1.54, 1.807) is 13.8 Å². The van der Waals surface area contributed by atoms with Crippen molar-refractivity contribution in [2.75, 3.05) is 26.2 Å². The Hall–Kier alpha value is -6.11. The number of hydrogen-bond acceptors (Lipinski definition) is 13. The Bertz CT molecular complexity index is 1520. The molecule has 0 aromatic heterocycles. The summed E-state index contributed by atoms with van der Waals surface area (Å²) in [6, 6.07) is -7.63. The van der Waals surface area contributed by atoms with Gasteiger partial charge in [-0.25, -0.2) is 4.79 Å². The van der Waals surface area contributed by atoms with Crippen LogP contribution in [0.15, 0.2) is 4.99 Å². The van der Waals surface area contributed by atoms with Crippen LogP contribution >= 0.6 is 0 Å². The van der Waals surface area contributed by atoms with Gasteiger partial charge in [0.2, 0.25) is 53.2 Å². The minimum atomic E-state index is -1.44. The molecule has 0 saturated heterocycles. The monoisotopic (exact) mass is 856 g/mol. The summed E-state index contributed by atoms with van der Waals surface area (Å²) in [5, 5.41) is 26.2. The number of aliphatic carboxylic acids is 1. The van der Waals surface area contributed by atoms with Crippen molar-refractivity contribution in [1.29, 1.82) is 0 Å². The van der Waals surface area contributed by atoms with Crippen LogP contribution in [0.4, 0.5) is 0 Å². The van der Waals surface area contributed by atoms with Crippen LogP contribution < -0.4 is 71.6 Å². The molecule has 0 heterocycles. The first-order valence-electron chi connectivity index (χ1n) is 19.4. The minimum absolute atomic E-state index is 0.0500. The molecular weight excluding hydrogens is 792 g/mol. The average molecular weight is 857 g/mol. The second-order valence-electron chi connectivity index (χ2n) is 14.3. The van der Waals surface area contributed by atoms with Crippen LogP contribution in [0.5, 0.6) is 0 Å². The normalized spacial score (nSPS) is 13.8. The highest BCUT2D eigenvalue weighted by Gasteiger charge is 2.31. The number of guanidine groups is 1. The van der Waals surface area contributed by atoms with Crippen molar-refractivity contribution in [3.05, 3.63) is 0 Å². The Labute approximate surface area is 347 Å². The molecule has 0 fully saturated rings. The summed E-state index contributed by atoms with van der Waals surface area (Å²) in [5.41, 5.74) is 32.3. The molecule has 0 aliphatic heterocycles. The summed E-state index contributed by atoms with van der Waals surface area (Å²) < 4.78 is 0. The molecule has 0 bridgehead atoms. The lowest BCUT2D eigenvalue weighted by Crippen LogP contribution is -2.57. The molecule has 6 atom stereocenters. The number of carboxylic acid groups (broad SMARTS) is 1. The van der Waals surface area contributed by atoms with Gasteiger partial charge < -0.3 is 76.7 Å². The smallest absolute Gasteiger partial charge is 0.326 e. The van der Waals surface area contributed by atoms with E-state index in [0.29, 0.717) is 25.8 Å². The van der Waals surface area contributed by atoms with Gasteiger partial charge in [-0.05, 0) is 64.3 Å². The number of carboxylic acids is 1. The van der Waals surface area contributed by atoms with Crippen molar-refractivity contribution in [2.24, 2.45) is 45.3 Å². The summed E-state index contributed by atoms with van der Waals surface area (Å²) >= 11 is 0. The summed E-state index contributed by atoms with van der Waals surface area (Å²) in [6.45, 7) is 4.06. The van der Waals surface area contributed by atoms with Crippen molar-refractivity contribution in [1.82, 2.24) is 37.2 Å². The van der Waals surface area contributed by atoms with Gasteiger partial charge in [0, 0.05) is 19.4 Å². The molecule has 0 unspecified atom stereocenters. The third-order valence-electron chi connectivity index (χ3n) is 8.47. The second-order valence-corrected chi connectivity index (χ2v) is 14.3. The molecule has 340 valence electrons. The molecule has 0 aliphatic rings. The molecule has 0 spiro atoms. The largest absolute Gasteiger partial charge is 0.480 e. The standard InChI is InChI=1S/C35H64N14O11/c1-18(2)15-24(33(58)48-22(10-12-26(39)51)32(57)49-23(34(59)60)8-6-14-42-35(40)41)47-28(53)16-43-29(54)19(3)45-31(56)21(9-11-25(38)50)46-27(52)17-44-30(55)20(37)7-4-5-13-36/h18-24H,4-17,36-37H2,1-3H3,(H2,38,50)(H2,39,51)(H,43,54)(H,44,55)(H,45,56)(H,46,52)(H,47,53)(H,48,58)(H,49,57)(H,59,60)(H4,40,41,42)/t19-,20-,21-,22-,23-,24-/m0/s1. The van der Waals surface area contributed by atoms with Gasteiger partial charge in [-0.1, -0.05) is 20.3 Å². The lowest BCUT2D eigenvalue weighted by atomic mass is 10.0. The van der Waals surface area contributed by atoms with Gasteiger partial charge >= 0.3 is 5.97 Å². The fourth-order valence-electron chi connectivity index (χ4n) is 5.25. The predicted molar refractivity (Wildman–Crippen MR) is 216 cm³/mol. The van der Waals surface area contributed by atoms with E-state index < -0.39 is 108 Å². The zero-order valence-corrected chi connectivity index (χ0v) is 34.4. The second kappa shape index (κ2) is 29.2. The first-order valence-corrected chi connectivity index (χ1v) is 19.4. The Morgan fingerprint density at radius 1 is 0.567 bits per heavy atom. The Kier molecular flexibility index (Phi) is 26.2. The number of amides is 9. The summed E-state index contributed by atoms with van der Waals surface area (Å²) in [5.74, 6) is -9.11. The zero-order valence-electron chi connectivity index (χ0n) is 34.4. The highest BCUT2D eigenvalue weighted by atomic mass is 16.4. The molecule has 0 aromatic rings. The number of carbonyl (C=O) groups excluding carboxylic acids is 9. The maximum atomic E-state index is 13.4. The van der Waals surface area contributed by atoms with Gasteiger partial charge in [0.1, 0.15) is 30.2 Å². The molecular formula is C35H64N14O11. The number of unbranched alkanes of at least 4 members (excludes halogenated alkanes) is 1. The van der Waals surface area contributed by atoms with Gasteiger partial charge in [0.25, 0.3) is 0 Å². The molecule has 0 aromatic carbocycles.